The molecule has 16 nitrogen and oxygen atoms in total. The lowest BCUT2D eigenvalue weighted by Gasteiger charge is -2.40. The molecule has 3 unspecified atom stereocenters. The van der Waals surface area contributed by atoms with Gasteiger partial charge in [-0.15, -0.1) is 0 Å². The molecular weight excluding hydrogens is 1510 g/mol. The Balaban J connectivity index is -0.000000199. The molecule has 0 amide bonds. The lowest BCUT2D eigenvalue weighted by atomic mass is 9.78. The Labute approximate surface area is 746 Å². The fourth-order valence-corrected chi connectivity index (χ4v) is 9.18. The van der Waals surface area contributed by atoms with Crippen LogP contribution in [0, 0.1) is 66.5 Å². The van der Waals surface area contributed by atoms with Gasteiger partial charge in [0.05, 0.1) is 43.3 Å². The van der Waals surface area contributed by atoms with Crippen LogP contribution in [-0.4, -0.2) is 92.6 Å². The summed E-state index contributed by atoms with van der Waals surface area (Å²) in [7, 11) is 0. The molecule has 3 atom stereocenters. The maximum absolute atomic E-state index is 12.1. The smallest absolute Gasteiger partial charge is 0.312 e. The zero-order chi connectivity index (χ0) is 97.8. The van der Waals surface area contributed by atoms with Crippen LogP contribution in [0.4, 0.5) is 0 Å². The third-order valence-corrected chi connectivity index (χ3v) is 27.3. The summed E-state index contributed by atoms with van der Waals surface area (Å²) in [5.41, 5.74) is -5.60. The predicted molar refractivity (Wildman–Crippen MR) is 510 cm³/mol. The summed E-state index contributed by atoms with van der Waals surface area (Å²) < 4.78 is 45.0. The van der Waals surface area contributed by atoms with Gasteiger partial charge in [-0.25, -0.2) is 0 Å². The minimum Gasteiger partial charge on any atom is -0.459 e. The molecule has 720 valence electrons. The van der Waals surface area contributed by atoms with E-state index in [1.54, 1.807) is 0 Å². The number of hydrogen-bond donors (Lipinski definition) is 0. The lowest BCUT2D eigenvalue weighted by molar-refractivity contribution is -0.178. The van der Waals surface area contributed by atoms with Gasteiger partial charge in [0.15, 0.2) is 0 Å². The second kappa shape index (κ2) is 56.8. The Morgan fingerprint density at radius 3 is 0.717 bits per heavy atom. The molecule has 0 aromatic heterocycles. The standard InChI is InChI=1S/3C14H28O2.2C13H26O2.3C12H24O2/c1-8-11(4)14(7,10-3)16-12(15)13(5,6)9-2;1-8-13(6,7)12(15)16-14(9-2,10-3)11(4)5;1-7-10-11-14(6,9-3)16-12(15)13(4,5)8-2;1-9-12(5,6)10(14)15-13(7,8)11(2,3)4;1-7-9-10-13(5,6)15-11(14)12(3,4)8-2;1-8-11(4,5)10(13)14-12(6,7)9(2)3;1-7-9-12(5,6)14-10(13)11(3,4)8-2;1-7-11(4,5)10(13)14-12(6,8-2)9-3/h2*11H,8-10H2,1-7H3;7-11H2,1-6H3;9H2,1-8H3;7-10H2,1-6H3;9H,8H2,1-7H3;2*7-9H2,1-6H3. The number of ether oxygens (including phenoxy) is 8. The summed E-state index contributed by atoms with van der Waals surface area (Å²) in [5.74, 6) is 0.453. The van der Waals surface area contributed by atoms with Gasteiger partial charge in [0.1, 0.15) is 44.8 Å². The van der Waals surface area contributed by atoms with E-state index in [9.17, 15) is 38.4 Å². The van der Waals surface area contributed by atoms with Gasteiger partial charge in [-0.05, 0) is 333 Å². The van der Waals surface area contributed by atoms with Crippen LogP contribution < -0.4 is 0 Å². The van der Waals surface area contributed by atoms with Crippen LogP contribution in [0.25, 0.3) is 0 Å². The van der Waals surface area contributed by atoms with Crippen molar-refractivity contribution >= 4 is 47.8 Å². The van der Waals surface area contributed by atoms with Gasteiger partial charge >= 0.3 is 47.8 Å². The second-order valence-electron chi connectivity index (χ2n) is 43.9. The molecule has 0 radical (unpaired) electrons. The molecule has 0 aromatic rings. The maximum atomic E-state index is 12.1. The van der Waals surface area contributed by atoms with Gasteiger partial charge in [-0.2, -0.15) is 0 Å². The van der Waals surface area contributed by atoms with E-state index in [4.69, 9.17) is 37.9 Å². The summed E-state index contributed by atoms with van der Waals surface area (Å²) >= 11 is 0. The lowest BCUT2D eigenvalue weighted by Crippen LogP contribution is -2.44. The molecule has 0 rings (SSSR count). The summed E-state index contributed by atoms with van der Waals surface area (Å²) in [4.78, 5) is 95.3. The fraction of sp³-hybridized carbons (Fsp3) is 0.923. The number of carbonyl (C=O) groups excluding carboxylic acids is 8. The highest BCUT2D eigenvalue weighted by molar-refractivity contribution is 5.79. The highest BCUT2D eigenvalue weighted by Crippen LogP contribution is 2.39. The molecule has 0 aliphatic heterocycles. The number of esters is 8. The van der Waals surface area contributed by atoms with Crippen molar-refractivity contribution in [2.75, 3.05) is 0 Å². The van der Waals surface area contributed by atoms with Crippen LogP contribution in [0.5, 0.6) is 0 Å². The van der Waals surface area contributed by atoms with Gasteiger partial charge in [0, 0.05) is 5.41 Å². The zero-order valence-corrected chi connectivity index (χ0v) is 90.0. The van der Waals surface area contributed by atoms with Crippen LogP contribution >= 0.6 is 0 Å². The monoisotopic (exact) mass is 1710 g/mol. The van der Waals surface area contributed by atoms with Crippen LogP contribution in [-0.2, 0) is 76.3 Å². The Hall–Kier alpha value is -4.24. The summed E-state index contributed by atoms with van der Waals surface area (Å²) in [6.45, 7) is 107. The molecule has 0 saturated heterocycles. The third-order valence-electron chi connectivity index (χ3n) is 27.3. The third kappa shape index (κ3) is 50.8. The first-order valence-electron chi connectivity index (χ1n) is 47.5. The summed E-state index contributed by atoms with van der Waals surface area (Å²) in [6.07, 6.45) is 21.1. The van der Waals surface area contributed by atoms with Crippen LogP contribution in [0.1, 0.15) is 515 Å². The first-order valence-corrected chi connectivity index (χ1v) is 47.5. The minimum absolute atomic E-state index is 0.0491. The van der Waals surface area contributed by atoms with Gasteiger partial charge < -0.3 is 37.9 Å². The van der Waals surface area contributed by atoms with Gasteiger partial charge in [-0.1, -0.05) is 199 Å². The van der Waals surface area contributed by atoms with E-state index in [0.717, 1.165) is 148 Å². The Morgan fingerprint density at radius 1 is 0.233 bits per heavy atom. The quantitative estimate of drug-likeness (QED) is 0.0411. The Morgan fingerprint density at radius 2 is 0.483 bits per heavy atom. The van der Waals surface area contributed by atoms with Crippen LogP contribution in [0.2, 0.25) is 0 Å². The molecule has 16 heteroatoms. The molecule has 0 fully saturated rings. The van der Waals surface area contributed by atoms with E-state index in [0.29, 0.717) is 17.8 Å². The number of carbonyl (C=O) groups is 8. The van der Waals surface area contributed by atoms with Crippen molar-refractivity contribution in [1.82, 2.24) is 0 Å². The number of unbranched alkanes of at least 4 members (excludes halogenated alkanes) is 2. The van der Waals surface area contributed by atoms with E-state index < -0.39 is 5.60 Å². The van der Waals surface area contributed by atoms with Crippen molar-refractivity contribution in [3.05, 3.63) is 0 Å². The van der Waals surface area contributed by atoms with Crippen molar-refractivity contribution in [2.45, 2.75) is 559 Å². The van der Waals surface area contributed by atoms with E-state index in [1.807, 2.05) is 242 Å². The van der Waals surface area contributed by atoms with Crippen molar-refractivity contribution < 1.29 is 76.3 Å². The van der Waals surface area contributed by atoms with Crippen LogP contribution in [0.15, 0.2) is 0 Å². The van der Waals surface area contributed by atoms with Crippen molar-refractivity contribution in [2.24, 2.45) is 66.5 Å². The number of hydrogen-bond acceptors (Lipinski definition) is 16. The van der Waals surface area contributed by atoms with Gasteiger partial charge in [-0.3, -0.25) is 38.4 Å². The highest BCUT2D eigenvalue weighted by Gasteiger charge is 2.44. The SMILES string of the molecule is CCC(C)(C)C(=O)OC(C)(C)C(C)(C)C.CCC(C)(C)C(=O)OC(C)(C)C(C)C.CCC(C)(C)C(=O)OC(CC)(CC)C(C)C.CCC(C)(CC)OC(=O)C(C)(C)CC.CCC(C)C(C)(CC)OC(=O)C(C)(C)CC.CCCC(C)(C)OC(=O)C(C)(C)CC.CCCCC(C)(C)OC(=O)C(C)(C)CC.CCCCC(C)(CC)OC(=O)C(C)(C)CC. The largest absolute Gasteiger partial charge is 0.459 e. The van der Waals surface area contributed by atoms with Gasteiger partial charge in [0.25, 0.3) is 0 Å². The highest BCUT2D eigenvalue weighted by atomic mass is 16.6. The second-order valence-corrected chi connectivity index (χ2v) is 43.9. The average Bonchev–Trinajstić information content (AvgIpc) is 0.807. The van der Waals surface area contributed by atoms with Crippen molar-refractivity contribution in [3.8, 4) is 0 Å². The molecule has 0 aliphatic carbocycles. The van der Waals surface area contributed by atoms with E-state index in [1.165, 1.54) is 0 Å². The molecule has 0 aliphatic rings. The van der Waals surface area contributed by atoms with Gasteiger partial charge in [0.2, 0.25) is 0 Å². The molecule has 0 aromatic carbocycles. The maximum Gasteiger partial charge on any atom is 0.312 e. The summed E-state index contributed by atoms with van der Waals surface area (Å²) in [6, 6.07) is 0. The molecular formula is C104H208O16. The Bertz CT molecular complexity index is 2810. The predicted octanol–water partition coefficient (Wildman–Crippen LogP) is 30.9. The molecule has 0 bridgehead atoms. The molecule has 0 N–H and O–H groups in total. The first kappa shape index (κ1) is 131. The van der Waals surface area contributed by atoms with Crippen molar-refractivity contribution in [1.29, 1.82) is 0 Å². The van der Waals surface area contributed by atoms with E-state index in [-0.39, 0.29) is 136 Å². The fourth-order valence-electron chi connectivity index (χ4n) is 9.18. The molecule has 120 heavy (non-hydrogen) atoms. The zero-order valence-electron chi connectivity index (χ0n) is 90.0. The molecule has 0 heterocycles. The Kier molecular flexibility index (Phi) is 62.1. The first-order chi connectivity index (χ1) is 53.7. The molecule has 0 saturated carbocycles. The van der Waals surface area contributed by atoms with Crippen molar-refractivity contribution in [3.63, 3.8) is 0 Å². The van der Waals surface area contributed by atoms with Crippen LogP contribution in [0.3, 0.4) is 0 Å². The summed E-state index contributed by atoms with van der Waals surface area (Å²) in [5, 5.41) is 0. The van der Waals surface area contributed by atoms with E-state index >= 15 is 0 Å². The minimum atomic E-state index is -0.434. The molecule has 0 spiro atoms. The normalized spacial score (nSPS) is 14.0. The number of rotatable bonds is 42. The van der Waals surface area contributed by atoms with E-state index in [2.05, 4.69) is 125 Å². The topological polar surface area (TPSA) is 210 Å². The average molecular weight is 1710 g/mol.